The van der Waals surface area contributed by atoms with Gasteiger partial charge >= 0.3 is 0 Å². The maximum Gasteiger partial charge on any atom is 0.0585 e. The van der Waals surface area contributed by atoms with Gasteiger partial charge in [-0.2, -0.15) is 0 Å². The molecule has 0 saturated heterocycles. The molecule has 6 aromatic rings. The second kappa shape index (κ2) is 12.4. The fraction of sp³-hybridized carbons (Fsp3) is 0.385. The molecule has 0 bridgehead atoms. The first-order valence-corrected chi connectivity index (χ1v) is 20.6. The Kier molecular flexibility index (Phi) is 8.46. The molecule has 0 spiro atoms. The molecule has 0 amide bonds. The van der Waals surface area contributed by atoms with E-state index in [2.05, 4.69) is 197 Å². The monoisotopic (exact) mass is 746 g/mol. The Morgan fingerprint density at radius 1 is 0.618 bits per heavy atom. The van der Waals surface area contributed by atoms with Crippen LogP contribution in [-0.4, -0.2) is 4.57 Å². The predicted octanol–water partition coefficient (Wildman–Crippen LogP) is 15.3. The smallest absolute Gasteiger partial charge is 0.0585 e. The molecule has 0 saturated carbocycles. The van der Waals surface area contributed by atoms with Gasteiger partial charge in [-0.25, -0.2) is 0 Å². The van der Waals surface area contributed by atoms with Crippen LogP contribution < -0.4 is 4.90 Å². The number of nitrogens with zero attached hydrogens (tertiary/aromatic N) is 2. The Balaban J connectivity index is 1.43. The first-order valence-electron chi connectivity index (χ1n) is 20.3. The summed E-state index contributed by atoms with van der Waals surface area (Å²) in [6, 6.07) is 36.9. The van der Waals surface area contributed by atoms with Gasteiger partial charge in [-0.1, -0.05) is 143 Å². The van der Waals surface area contributed by atoms with E-state index in [4.69, 9.17) is 11.6 Å². The Bertz CT molecular complexity index is 2510. The van der Waals surface area contributed by atoms with E-state index in [9.17, 15) is 0 Å². The van der Waals surface area contributed by atoms with E-state index in [1.165, 1.54) is 73.2 Å². The molecule has 5 aromatic carbocycles. The average molecular weight is 748 g/mol. The van der Waals surface area contributed by atoms with Crippen molar-refractivity contribution in [3.8, 4) is 16.9 Å². The summed E-state index contributed by atoms with van der Waals surface area (Å²) in [4.78, 5) is 2.47. The van der Waals surface area contributed by atoms with Crippen LogP contribution in [0.25, 0.3) is 27.8 Å². The minimum atomic E-state index is -0.159. The van der Waals surface area contributed by atoms with Crippen molar-refractivity contribution in [3.63, 3.8) is 0 Å². The molecule has 2 aliphatic carbocycles. The van der Waals surface area contributed by atoms with Crippen LogP contribution in [0.5, 0.6) is 0 Å². The maximum atomic E-state index is 7.33. The molecule has 0 radical (unpaired) electrons. The van der Waals surface area contributed by atoms with Crippen molar-refractivity contribution in [2.45, 2.75) is 130 Å². The van der Waals surface area contributed by atoms with E-state index in [0.717, 1.165) is 23.5 Å². The highest BCUT2D eigenvalue weighted by atomic mass is 35.5. The number of rotatable bonds is 4. The van der Waals surface area contributed by atoms with Gasteiger partial charge in [0.05, 0.1) is 11.2 Å². The third kappa shape index (κ3) is 6.06. The number of hydrogen-bond acceptors (Lipinski definition) is 1. The second-order valence-corrected chi connectivity index (χ2v) is 20.9. The summed E-state index contributed by atoms with van der Waals surface area (Å²) in [6.07, 6.45) is 2.35. The molecule has 0 N–H and O–H groups in total. The molecule has 0 atom stereocenters. The quantitative estimate of drug-likeness (QED) is 0.174. The van der Waals surface area contributed by atoms with Gasteiger partial charge in [0.25, 0.3) is 0 Å². The lowest BCUT2D eigenvalue weighted by molar-refractivity contribution is 0.332. The average Bonchev–Trinajstić information content (AvgIpc) is 3.56. The van der Waals surface area contributed by atoms with Crippen molar-refractivity contribution >= 4 is 39.6 Å². The van der Waals surface area contributed by atoms with Crippen molar-refractivity contribution in [2.24, 2.45) is 0 Å². The van der Waals surface area contributed by atoms with Crippen LogP contribution in [0.3, 0.4) is 0 Å². The normalized spacial score (nSPS) is 16.8. The van der Waals surface area contributed by atoms with Crippen LogP contribution in [0.4, 0.5) is 17.1 Å². The zero-order valence-corrected chi connectivity index (χ0v) is 36.2. The van der Waals surface area contributed by atoms with Crippen LogP contribution in [-0.2, 0) is 27.1 Å². The van der Waals surface area contributed by atoms with Gasteiger partial charge < -0.3 is 9.47 Å². The Hall–Kier alpha value is -4.27. The van der Waals surface area contributed by atoms with E-state index in [0.29, 0.717) is 5.02 Å². The maximum absolute atomic E-state index is 7.33. The molecular formula is C52H59ClN2. The zero-order chi connectivity index (χ0) is 39.6. The van der Waals surface area contributed by atoms with E-state index in [1.807, 2.05) is 0 Å². The molecule has 284 valence electrons. The molecule has 0 aliphatic heterocycles. The first kappa shape index (κ1) is 37.6. The van der Waals surface area contributed by atoms with Crippen LogP contribution in [0, 0.1) is 6.92 Å². The standard InChI is InChI=1S/C52H59ClN2/c1-32-25-42-43(51(10,11)24-23-50(42,8)9)31-45(32)54(36-18-16-17-33(26-36)48(2,3)4)37-28-35(53)29-38(30-37)55-44-22-21-34(49(5,6)7)27-40(44)46-47(55)39-19-14-15-20-41(39)52(46,12)13/h14-22,25-31H,23-24H2,1-13H3. The minimum absolute atomic E-state index is 0.00516. The van der Waals surface area contributed by atoms with Crippen molar-refractivity contribution in [3.05, 3.63) is 141 Å². The molecule has 8 rings (SSSR count). The van der Waals surface area contributed by atoms with Gasteiger partial charge in [-0.15, -0.1) is 0 Å². The molecule has 1 aromatic heterocycles. The van der Waals surface area contributed by atoms with Gasteiger partial charge in [-0.05, 0) is 129 Å². The summed E-state index contributed by atoms with van der Waals surface area (Å²) in [5.41, 5.74) is 17.9. The summed E-state index contributed by atoms with van der Waals surface area (Å²) in [6.45, 7) is 30.6. The zero-order valence-electron chi connectivity index (χ0n) is 35.4. The number of halogens is 1. The Morgan fingerprint density at radius 2 is 1.25 bits per heavy atom. The third-order valence-electron chi connectivity index (χ3n) is 13.1. The van der Waals surface area contributed by atoms with Crippen LogP contribution in [0.2, 0.25) is 5.02 Å². The summed E-state index contributed by atoms with van der Waals surface area (Å²) in [5, 5.41) is 2.03. The van der Waals surface area contributed by atoms with Crippen molar-refractivity contribution < 1.29 is 0 Å². The van der Waals surface area contributed by atoms with Crippen molar-refractivity contribution in [2.75, 3.05) is 4.90 Å². The summed E-state index contributed by atoms with van der Waals surface area (Å²) in [5.74, 6) is 0. The number of aromatic nitrogens is 1. The van der Waals surface area contributed by atoms with Gasteiger partial charge in [0.2, 0.25) is 0 Å². The third-order valence-corrected chi connectivity index (χ3v) is 13.3. The number of aryl methyl sites for hydroxylation is 1. The molecular weight excluding hydrogens is 688 g/mol. The lowest BCUT2D eigenvalue weighted by Crippen LogP contribution is -2.34. The molecule has 0 unspecified atom stereocenters. The van der Waals surface area contributed by atoms with Gasteiger partial charge in [0.15, 0.2) is 0 Å². The first-order chi connectivity index (χ1) is 25.6. The molecule has 55 heavy (non-hydrogen) atoms. The summed E-state index contributed by atoms with van der Waals surface area (Å²) in [7, 11) is 0. The van der Waals surface area contributed by atoms with E-state index in [1.54, 1.807) is 0 Å². The van der Waals surface area contributed by atoms with Crippen LogP contribution >= 0.6 is 11.6 Å². The summed E-state index contributed by atoms with van der Waals surface area (Å²) < 4.78 is 2.50. The fourth-order valence-corrected chi connectivity index (χ4v) is 9.81. The van der Waals surface area contributed by atoms with E-state index >= 15 is 0 Å². The number of hydrogen-bond donors (Lipinski definition) is 0. The molecule has 0 fully saturated rings. The number of benzene rings is 5. The molecule has 2 nitrogen and oxygen atoms in total. The highest BCUT2D eigenvalue weighted by molar-refractivity contribution is 6.31. The number of anilines is 3. The molecule has 2 aliphatic rings. The van der Waals surface area contributed by atoms with Gasteiger partial charge in [0.1, 0.15) is 0 Å². The molecule has 3 heteroatoms. The largest absolute Gasteiger partial charge is 0.310 e. The van der Waals surface area contributed by atoms with Crippen LogP contribution in [0.15, 0.2) is 97.1 Å². The second-order valence-electron chi connectivity index (χ2n) is 20.5. The lowest BCUT2D eigenvalue weighted by Gasteiger charge is -2.43. The Labute approximate surface area is 335 Å². The SMILES string of the molecule is Cc1cc2c(cc1N(c1cc(Cl)cc(-n3c4c(c5cc(C(C)(C)C)ccc53)C(C)(C)c3ccccc3-4)c1)c1cccc(C(C)(C)C)c1)C(C)(C)CCC2(C)C. The minimum Gasteiger partial charge on any atom is -0.310 e. The fourth-order valence-electron chi connectivity index (χ4n) is 9.59. The predicted molar refractivity (Wildman–Crippen MR) is 238 cm³/mol. The van der Waals surface area contributed by atoms with Gasteiger partial charge in [-0.3, -0.25) is 0 Å². The summed E-state index contributed by atoms with van der Waals surface area (Å²) >= 11 is 7.33. The van der Waals surface area contributed by atoms with Crippen molar-refractivity contribution in [1.29, 1.82) is 0 Å². The Morgan fingerprint density at radius 3 is 1.93 bits per heavy atom. The highest BCUT2D eigenvalue weighted by Crippen LogP contribution is 2.55. The van der Waals surface area contributed by atoms with Gasteiger partial charge in [0, 0.05) is 44.1 Å². The van der Waals surface area contributed by atoms with E-state index in [-0.39, 0.29) is 27.1 Å². The highest BCUT2D eigenvalue weighted by Gasteiger charge is 2.41. The van der Waals surface area contributed by atoms with E-state index < -0.39 is 0 Å². The lowest BCUT2D eigenvalue weighted by atomic mass is 9.63. The van der Waals surface area contributed by atoms with Crippen molar-refractivity contribution in [1.82, 2.24) is 4.57 Å². The molecule has 1 heterocycles. The topological polar surface area (TPSA) is 8.17 Å². The van der Waals surface area contributed by atoms with Crippen LogP contribution in [0.1, 0.15) is 135 Å². The number of fused-ring (bicyclic) bond motifs is 6.